The number of amides is 1. The molecule has 2 aliphatic heterocycles. The van der Waals surface area contributed by atoms with Crippen LogP contribution in [-0.4, -0.2) is 75.6 Å². The molecule has 8 heteroatoms. The minimum Gasteiger partial charge on any atom is -0.493 e. The van der Waals surface area contributed by atoms with Crippen LogP contribution in [0.5, 0.6) is 23.0 Å². The van der Waals surface area contributed by atoms with Gasteiger partial charge in [0.15, 0.2) is 23.0 Å². The summed E-state index contributed by atoms with van der Waals surface area (Å²) in [6.45, 7) is 8.61. The molecule has 0 N–H and O–H groups in total. The van der Waals surface area contributed by atoms with Gasteiger partial charge in [-0.1, -0.05) is 19.9 Å². The largest absolute Gasteiger partial charge is 0.493 e. The number of morpholine rings is 1. The van der Waals surface area contributed by atoms with Crippen LogP contribution >= 0.6 is 0 Å². The molecule has 2 aromatic carbocycles. The molecule has 1 amide bonds. The highest BCUT2D eigenvalue weighted by atomic mass is 16.7. The minimum absolute atomic E-state index is 0.0207. The Morgan fingerprint density at radius 1 is 1.09 bits per heavy atom. The molecule has 4 rings (SSSR count). The van der Waals surface area contributed by atoms with Crippen molar-refractivity contribution < 1.29 is 28.5 Å². The van der Waals surface area contributed by atoms with Gasteiger partial charge >= 0.3 is 0 Å². The molecule has 0 aliphatic carbocycles. The van der Waals surface area contributed by atoms with Crippen molar-refractivity contribution in [1.29, 1.82) is 0 Å². The summed E-state index contributed by atoms with van der Waals surface area (Å²) in [6, 6.07) is 11.4. The molecule has 184 valence electrons. The van der Waals surface area contributed by atoms with E-state index >= 15 is 0 Å². The van der Waals surface area contributed by atoms with Crippen molar-refractivity contribution in [2.24, 2.45) is 5.92 Å². The summed E-state index contributed by atoms with van der Waals surface area (Å²) in [5.74, 6) is 3.05. The van der Waals surface area contributed by atoms with E-state index in [1.807, 2.05) is 17.0 Å². The Hall–Kier alpha value is -2.97. The maximum Gasteiger partial charge on any atom is 0.254 e. The molecule has 0 radical (unpaired) electrons. The SMILES string of the molecule is COc1ccc(CN2CCOC(CN(CC(C)C)C(=O)c3ccc4c(c3)OCO4)C2)cc1OC. The van der Waals surface area contributed by atoms with Gasteiger partial charge in [0, 0.05) is 38.3 Å². The van der Waals surface area contributed by atoms with Crippen LogP contribution in [0.1, 0.15) is 29.8 Å². The fraction of sp³-hybridized carbons (Fsp3) is 0.500. The summed E-state index contributed by atoms with van der Waals surface area (Å²) in [6.07, 6.45) is -0.0643. The summed E-state index contributed by atoms with van der Waals surface area (Å²) < 4.78 is 27.7. The van der Waals surface area contributed by atoms with Gasteiger partial charge in [-0.15, -0.1) is 0 Å². The molecule has 1 unspecified atom stereocenters. The van der Waals surface area contributed by atoms with Gasteiger partial charge in [-0.3, -0.25) is 9.69 Å². The molecule has 34 heavy (non-hydrogen) atoms. The standard InChI is InChI=1S/C26H34N2O6/c1-18(2)13-28(26(29)20-6-8-23-25(12-20)34-17-33-23)16-21-15-27(9-10-32-21)14-19-5-7-22(30-3)24(11-19)31-4/h5-8,11-12,18,21H,9-10,13-17H2,1-4H3. The van der Waals surface area contributed by atoms with Crippen LogP contribution in [0, 0.1) is 5.92 Å². The Morgan fingerprint density at radius 3 is 2.65 bits per heavy atom. The lowest BCUT2D eigenvalue weighted by atomic mass is 10.1. The average Bonchev–Trinajstić information content (AvgIpc) is 3.31. The summed E-state index contributed by atoms with van der Waals surface area (Å²) >= 11 is 0. The van der Waals surface area contributed by atoms with Gasteiger partial charge in [0.25, 0.3) is 5.91 Å². The lowest BCUT2D eigenvalue weighted by molar-refractivity contribution is -0.0438. The molecule has 2 aromatic rings. The topological polar surface area (TPSA) is 69.7 Å². The normalized spacial score (nSPS) is 17.6. The number of fused-ring (bicyclic) bond motifs is 1. The molecule has 1 saturated heterocycles. The Balaban J connectivity index is 1.42. The maximum atomic E-state index is 13.4. The molecule has 0 saturated carbocycles. The number of ether oxygens (including phenoxy) is 5. The lowest BCUT2D eigenvalue weighted by Crippen LogP contribution is -2.49. The number of methoxy groups -OCH3 is 2. The van der Waals surface area contributed by atoms with E-state index < -0.39 is 0 Å². The zero-order chi connectivity index (χ0) is 24.1. The van der Waals surface area contributed by atoms with Crippen LogP contribution in [-0.2, 0) is 11.3 Å². The van der Waals surface area contributed by atoms with Crippen LogP contribution in [0.4, 0.5) is 0 Å². The highest BCUT2D eigenvalue weighted by molar-refractivity contribution is 5.95. The summed E-state index contributed by atoms with van der Waals surface area (Å²) in [4.78, 5) is 17.6. The third kappa shape index (κ3) is 5.74. The lowest BCUT2D eigenvalue weighted by Gasteiger charge is -2.36. The van der Waals surface area contributed by atoms with Crippen molar-refractivity contribution in [3.8, 4) is 23.0 Å². The average molecular weight is 471 g/mol. The van der Waals surface area contributed by atoms with Crippen molar-refractivity contribution in [2.45, 2.75) is 26.5 Å². The van der Waals surface area contributed by atoms with Crippen molar-refractivity contribution in [3.63, 3.8) is 0 Å². The van der Waals surface area contributed by atoms with Gasteiger partial charge in [-0.2, -0.15) is 0 Å². The zero-order valence-corrected chi connectivity index (χ0v) is 20.4. The van der Waals surface area contributed by atoms with Crippen LogP contribution in [0.25, 0.3) is 0 Å². The number of rotatable bonds is 9. The van der Waals surface area contributed by atoms with E-state index in [4.69, 9.17) is 23.7 Å². The van der Waals surface area contributed by atoms with Gasteiger partial charge < -0.3 is 28.6 Å². The van der Waals surface area contributed by atoms with Crippen molar-refractivity contribution in [1.82, 2.24) is 9.80 Å². The molecule has 0 bridgehead atoms. The summed E-state index contributed by atoms with van der Waals surface area (Å²) in [5, 5.41) is 0. The highest BCUT2D eigenvalue weighted by Crippen LogP contribution is 2.33. The number of hydrogen-bond acceptors (Lipinski definition) is 7. The number of hydrogen-bond donors (Lipinski definition) is 0. The monoisotopic (exact) mass is 470 g/mol. The molecule has 2 heterocycles. The van der Waals surface area contributed by atoms with Gasteiger partial charge in [-0.05, 0) is 41.8 Å². The fourth-order valence-electron chi connectivity index (χ4n) is 4.41. The van der Waals surface area contributed by atoms with Gasteiger partial charge in [0.1, 0.15) is 0 Å². The first-order valence-corrected chi connectivity index (χ1v) is 11.7. The molecule has 1 atom stereocenters. The fourth-order valence-corrected chi connectivity index (χ4v) is 4.41. The maximum absolute atomic E-state index is 13.4. The second kappa shape index (κ2) is 11.0. The quantitative estimate of drug-likeness (QED) is 0.556. The van der Waals surface area contributed by atoms with E-state index in [0.717, 1.165) is 36.7 Å². The van der Waals surface area contributed by atoms with E-state index in [1.54, 1.807) is 32.4 Å². The molecule has 2 aliphatic rings. The van der Waals surface area contributed by atoms with Gasteiger partial charge in [-0.25, -0.2) is 0 Å². The number of carbonyl (C=O) groups is 1. The van der Waals surface area contributed by atoms with Gasteiger partial charge in [0.05, 0.1) is 26.9 Å². The van der Waals surface area contributed by atoms with E-state index in [9.17, 15) is 4.79 Å². The van der Waals surface area contributed by atoms with Crippen LogP contribution in [0.3, 0.4) is 0 Å². The minimum atomic E-state index is -0.0643. The van der Waals surface area contributed by atoms with E-state index in [-0.39, 0.29) is 18.8 Å². The third-order valence-corrected chi connectivity index (χ3v) is 5.99. The Kier molecular flexibility index (Phi) is 7.80. The van der Waals surface area contributed by atoms with Gasteiger partial charge in [0.2, 0.25) is 6.79 Å². The first-order chi connectivity index (χ1) is 16.5. The van der Waals surface area contributed by atoms with Crippen molar-refractivity contribution >= 4 is 5.91 Å². The molecular formula is C26H34N2O6. The smallest absolute Gasteiger partial charge is 0.254 e. The zero-order valence-electron chi connectivity index (χ0n) is 20.4. The molecule has 0 aromatic heterocycles. The van der Waals surface area contributed by atoms with Crippen molar-refractivity contribution in [2.75, 3.05) is 53.8 Å². The molecule has 8 nitrogen and oxygen atoms in total. The summed E-state index contributed by atoms with van der Waals surface area (Å²) in [5.41, 5.74) is 1.75. The van der Waals surface area contributed by atoms with E-state index in [0.29, 0.717) is 42.7 Å². The predicted molar refractivity (Wildman–Crippen MR) is 128 cm³/mol. The number of nitrogens with zero attached hydrogens (tertiary/aromatic N) is 2. The highest BCUT2D eigenvalue weighted by Gasteiger charge is 2.27. The Morgan fingerprint density at radius 2 is 1.88 bits per heavy atom. The number of benzene rings is 2. The third-order valence-electron chi connectivity index (χ3n) is 5.99. The Labute approximate surface area is 201 Å². The van der Waals surface area contributed by atoms with Crippen molar-refractivity contribution in [3.05, 3.63) is 47.5 Å². The van der Waals surface area contributed by atoms with Crippen LogP contribution < -0.4 is 18.9 Å². The van der Waals surface area contributed by atoms with Crippen LogP contribution in [0.2, 0.25) is 0 Å². The first kappa shape index (κ1) is 24.2. The van der Waals surface area contributed by atoms with Crippen LogP contribution in [0.15, 0.2) is 36.4 Å². The molecular weight excluding hydrogens is 436 g/mol. The molecule has 0 spiro atoms. The first-order valence-electron chi connectivity index (χ1n) is 11.7. The van der Waals surface area contributed by atoms with E-state index in [2.05, 4.69) is 24.8 Å². The predicted octanol–water partition coefficient (Wildman–Crippen LogP) is 3.43. The molecule has 1 fully saturated rings. The second-order valence-corrected chi connectivity index (χ2v) is 9.09. The Bertz CT molecular complexity index is 995. The van der Waals surface area contributed by atoms with E-state index in [1.165, 1.54) is 0 Å². The number of carbonyl (C=O) groups excluding carboxylic acids is 1. The summed E-state index contributed by atoms with van der Waals surface area (Å²) in [7, 11) is 3.28. The second-order valence-electron chi connectivity index (χ2n) is 9.09.